The van der Waals surface area contributed by atoms with Gasteiger partial charge in [-0.15, -0.1) is 11.3 Å². The smallest absolute Gasteiger partial charge is 0.193 e. The molecule has 1 aromatic heterocycles. The van der Waals surface area contributed by atoms with Crippen LogP contribution in [0.4, 0.5) is 0 Å². The monoisotopic (exact) mass is 322 g/mol. The minimum atomic E-state index is 0.746. The van der Waals surface area contributed by atoms with Crippen molar-refractivity contribution in [1.82, 2.24) is 15.2 Å². The highest BCUT2D eigenvalue weighted by Gasteiger charge is 2.23. The number of hydrogen-bond acceptors (Lipinski definition) is 3. The summed E-state index contributed by atoms with van der Waals surface area (Å²) < 4.78 is 0. The lowest BCUT2D eigenvalue weighted by Gasteiger charge is -2.37. The minimum Gasteiger partial charge on any atom is -0.356 e. The summed E-state index contributed by atoms with van der Waals surface area (Å²) in [7, 11) is 1.88. The topological polar surface area (TPSA) is 40.5 Å². The number of aromatic nitrogens is 1. The second-order valence-electron chi connectivity index (χ2n) is 6.54. The van der Waals surface area contributed by atoms with Crippen molar-refractivity contribution in [2.24, 2.45) is 16.8 Å². The van der Waals surface area contributed by atoms with Gasteiger partial charge in [-0.25, -0.2) is 4.98 Å². The van der Waals surface area contributed by atoms with E-state index in [4.69, 9.17) is 4.98 Å². The van der Waals surface area contributed by atoms with Gasteiger partial charge in [-0.2, -0.15) is 0 Å². The molecule has 124 valence electrons. The van der Waals surface area contributed by atoms with Crippen LogP contribution < -0.4 is 5.32 Å². The molecule has 5 heteroatoms. The first-order chi connectivity index (χ1) is 10.5. The zero-order valence-corrected chi connectivity index (χ0v) is 15.5. The van der Waals surface area contributed by atoms with Gasteiger partial charge in [0.25, 0.3) is 0 Å². The third kappa shape index (κ3) is 4.45. The van der Waals surface area contributed by atoms with Gasteiger partial charge < -0.3 is 10.2 Å². The lowest BCUT2D eigenvalue weighted by molar-refractivity contribution is 0.208. The Morgan fingerprint density at radius 2 is 2.05 bits per heavy atom. The summed E-state index contributed by atoms with van der Waals surface area (Å²) >= 11 is 1.83. The number of nitrogens with one attached hydrogen (secondary N) is 1. The second kappa shape index (κ2) is 7.95. The summed E-state index contributed by atoms with van der Waals surface area (Å²) in [5, 5.41) is 4.75. The van der Waals surface area contributed by atoms with Crippen molar-refractivity contribution in [3.8, 4) is 0 Å². The molecule has 1 saturated heterocycles. The summed E-state index contributed by atoms with van der Waals surface area (Å²) in [6, 6.07) is 0. The van der Waals surface area contributed by atoms with E-state index in [0.29, 0.717) is 0 Å². The zero-order chi connectivity index (χ0) is 16.1. The van der Waals surface area contributed by atoms with Crippen molar-refractivity contribution in [3.05, 3.63) is 15.6 Å². The van der Waals surface area contributed by atoms with Crippen molar-refractivity contribution in [2.75, 3.05) is 26.7 Å². The number of thiazole rings is 1. The van der Waals surface area contributed by atoms with Gasteiger partial charge >= 0.3 is 0 Å². The largest absolute Gasteiger partial charge is 0.356 e. The molecular formula is C17H30N4S. The predicted octanol–water partition coefficient (Wildman–Crippen LogP) is 3.11. The van der Waals surface area contributed by atoms with E-state index < -0.39 is 0 Å². The van der Waals surface area contributed by atoms with Gasteiger partial charge in [0.2, 0.25) is 0 Å². The summed E-state index contributed by atoms with van der Waals surface area (Å²) in [4.78, 5) is 12.9. The molecule has 4 nitrogen and oxygen atoms in total. The number of likely N-dealkylation sites (tertiary alicyclic amines) is 1. The molecule has 0 aromatic carbocycles. The van der Waals surface area contributed by atoms with E-state index in [1.54, 1.807) is 0 Å². The standard InChI is InChI=1S/C17H30N4S/c1-6-15-14(4)22-16(20-15)7-8-19-17(18-5)21-10-12(2)9-13(3)11-21/h12-13H,6-11H2,1-5H3,(H,18,19). The Morgan fingerprint density at radius 3 is 2.59 bits per heavy atom. The van der Waals surface area contributed by atoms with Crippen molar-refractivity contribution in [2.45, 2.75) is 47.0 Å². The number of hydrogen-bond donors (Lipinski definition) is 1. The molecule has 2 atom stereocenters. The SMILES string of the molecule is CCc1nc(CCNC(=NC)N2CC(C)CC(C)C2)sc1C. The highest BCUT2D eigenvalue weighted by atomic mass is 32.1. The number of rotatable bonds is 4. The van der Waals surface area contributed by atoms with E-state index in [1.165, 1.54) is 22.0 Å². The van der Waals surface area contributed by atoms with Crippen molar-refractivity contribution < 1.29 is 0 Å². The van der Waals surface area contributed by atoms with Crippen LogP contribution in [0.3, 0.4) is 0 Å². The molecule has 22 heavy (non-hydrogen) atoms. The number of guanidine groups is 1. The van der Waals surface area contributed by atoms with Gasteiger partial charge in [0, 0.05) is 38.0 Å². The second-order valence-corrected chi connectivity index (χ2v) is 7.83. The maximum Gasteiger partial charge on any atom is 0.193 e. The van der Waals surface area contributed by atoms with Gasteiger partial charge in [0.05, 0.1) is 10.7 Å². The van der Waals surface area contributed by atoms with Crippen LogP contribution in [0.25, 0.3) is 0 Å². The van der Waals surface area contributed by atoms with Crippen LogP contribution in [0.15, 0.2) is 4.99 Å². The molecule has 1 aromatic rings. The first-order valence-corrected chi connectivity index (χ1v) is 9.25. The Kier molecular flexibility index (Phi) is 6.24. The molecule has 1 aliphatic heterocycles. The number of nitrogens with zero attached hydrogens (tertiary/aromatic N) is 3. The van der Waals surface area contributed by atoms with Crippen LogP contribution in [-0.2, 0) is 12.8 Å². The fraction of sp³-hybridized carbons (Fsp3) is 0.765. The molecule has 2 rings (SSSR count). The number of piperidine rings is 1. The summed E-state index contributed by atoms with van der Waals surface area (Å²) in [5.41, 5.74) is 1.25. The molecule has 0 spiro atoms. The average molecular weight is 323 g/mol. The van der Waals surface area contributed by atoms with E-state index in [2.05, 4.69) is 42.9 Å². The molecule has 2 heterocycles. The molecule has 0 saturated carbocycles. The quantitative estimate of drug-likeness (QED) is 0.684. The van der Waals surface area contributed by atoms with Gasteiger partial charge in [-0.1, -0.05) is 20.8 Å². The van der Waals surface area contributed by atoms with Gasteiger partial charge in [-0.3, -0.25) is 4.99 Å². The fourth-order valence-electron chi connectivity index (χ4n) is 3.37. The predicted molar refractivity (Wildman–Crippen MR) is 95.8 cm³/mol. The van der Waals surface area contributed by atoms with Crippen LogP contribution in [-0.4, -0.2) is 42.5 Å². The third-order valence-electron chi connectivity index (χ3n) is 4.27. The molecule has 1 aliphatic rings. The summed E-state index contributed by atoms with van der Waals surface area (Å²) in [6.07, 6.45) is 3.33. The fourth-order valence-corrected chi connectivity index (χ4v) is 4.39. The van der Waals surface area contributed by atoms with Crippen LogP contribution in [0.5, 0.6) is 0 Å². The molecule has 1 fully saturated rings. The van der Waals surface area contributed by atoms with Crippen LogP contribution >= 0.6 is 11.3 Å². The van der Waals surface area contributed by atoms with Gasteiger partial charge in [0.15, 0.2) is 5.96 Å². The van der Waals surface area contributed by atoms with Crippen LogP contribution in [0.1, 0.15) is 42.8 Å². The van der Waals surface area contributed by atoms with Crippen LogP contribution in [0, 0.1) is 18.8 Å². The molecule has 2 unspecified atom stereocenters. The Bertz CT molecular complexity index is 499. The van der Waals surface area contributed by atoms with E-state index in [0.717, 1.165) is 50.3 Å². The highest BCUT2D eigenvalue weighted by Crippen LogP contribution is 2.21. The Labute approximate surface area is 139 Å². The van der Waals surface area contributed by atoms with E-state index >= 15 is 0 Å². The lowest BCUT2D eigenvalue weighted by atomic mass is 9.92. The van der Waals surface area contributed by atoms with Crippen molar-refractivity contribution in [3.63, 3.8) is 0 Å². The normalized spacial score (nSPS) is 23.0. The molecule has 0 aliphatic carbocycles. The molecule has 1 N–H and O–H groups in total. The van der Waals surface area contributed by atoms with E-state index in [-0.39, 0.29) is 0 Å². The van der Waals surface area contributed by atoms with Gasteiger partial charge in [0.1, 0.15) is 0 Å². The molecule has 0 bridgehead atoms. The van der Waals surface area contributed by atoms with Crippen LogP contribution in [0.2, 0.25) is 0 Å². The first kappa shape index (κ1) is 17.3. The maximum atomic E-state index is 4.71. The van der Waals surface area contributed by atoms with Crippen molar-refractivity contribution >= 4 is 17.3 Å². The van der Waals surface area contributed by atoms with E-state index in [9.17, 15) is 0 Å². The summed E-state index contributed by atoms with van der Waals surface area (Å²) in [6.45, 7) is 12.1. The number of aryl methyl sites for hydroxylation is 2. The minimum absolute atomic E-state index is 0.746. The van der Waals surface area contributed by atoms with Crippen molar-refractivity contribution in [1.29, 1.82) is 0 Å². The molecular weight excluding hydrogens is 292 g/mol. The maximum absolute atomic E-state index is 4.71. The average Bonchev–Trinajstić information content (AvgIpc) is 2.82. The molecule has 0 amide bonds. The third-order valence-corrected chi connectivity index (χ3v) is 5.35. The Balaban J connectivity index is 1.86. The van der Waals surface area contributed by atoms with E-state index in [1.807, 2.05) is 18.4 Å². The number of aliphatic imine (C=N–C) groups is 1. The summed E-state index contributed by atoms with van der Waals surface area (Å²) in [5.74, 6) is 2.54. The zero-order valence-electron chi connectivity index (χ0n) is 14.6. The Morgan fingerprint density at radius 1 is 1.36 bits per heavy atom. The molecule has 0 radical (unpaired) electrons. The first-order valence-electron chi connectivity index (χ1n) is 8.44. The van der Waals surface area contributed by atoms with Gasteiger partial charge in [-0.05, 0) is 31.6 Å². The Hall–Kier alpha value is -1.10. The highest BCUT2D eigenvalue weighted by molar-refractivity contribution is 7.11. The lowest BCUT2D eigenvalue weighted by Crippen LogP contribution is -2.48.